The second-order valence-corrected chi connectivity index (χ2v) is 9.13. The summed E-state index contributed by atoms with van der Waals surface area (Å²) in [6.07, 6.45) is 0. The number of fused-ring (bicyclic) bond motifs is 3. The molecule has 0 N–H and O–H groups in total. The Morgan fingerprint density at radius 2 is 1.66 bits per heavy atom. The molecule has 0 amide bonds. The van der Waals surface area contributed by atoms with E-state index in [9.17, 15) is 9.59 Å². The summed E-state index contributed by atoms with van der Waals surface area (Å²) in [6.45, 7) is 6.44. The number of ketones is 1. The van der Waals surface area contributed by atoms with Crippen LogP contribution in [0.5, 0.6) is 5.75 Å². The third kappa shape index (κ3) is 4.10. The number of aryl methyl sites for hydroxylation is 2. The molecule has 35 heavy (non-hydrogen) atoms. The zero-order chi connectivity index (χ0) is 24.5. The van der Waals surface area contributed by atoms with Gasteiger partial charge in [0.1, 0.15) is 5.75 Å². The number of ether oxygens (including phenoxy) is 1. The fourth-order valence-electron chi connectivity index (χ4n) is 4.25. The Morgan fingerprint density at radius 3 is 2.37 bits per heavy atom. The van der Waals surface area contributed by atoms with Crippen molar-refractivity contribution < 1.29 is 9.53 Å². The van der Waals surface area contributed by atoms with Crippen molar-refractivity contribution in [1.29, 1.82) is 0 Å². The maximum atomic E-state index is 13.6. The van der Waals surface area contributed by atoms with Crippen molar-refractivity contribution in [2.24, 2.45) is 0 Å². The van der Waals surface area contributed by atoms with Crippen molar-refractivity contribution in [3.05, 3.63) is 93.8 Å². The van der Waals surface area contributed by atoms with Crippen LogP contribution in [0.15, 0.2) is 76.7 Å². The van der Waals surface area contributed by atoms with E-state index in [1.807, 2.05) is 61.6 Å². The molecule has 2 aromatic heterocycles. The number of para-hydroxylation sites is 2. The van der Waals surface area contributed by atoms with Crippen molar-refractivity contribution in [1.82, 2.24) is 19.2 Å². The van der Waals surface area contributed by atoms with Crippen molar-refractivity contribution in [3.8, 4) is 11.4 Å². The number of hydrogen-bond donors (Lipinski definition) is 0. The maximum absolute atomic E-state index is 13.6. The predicted octanol–water partition coefficient (Wildman–Crippen LogP) is 5.02. The van der Waals surface area contributed by atoms with Crippen LogP contribution in [-0.4, -0.2) is 37.3 Å². The first-order chi connectivity index (χ1) is 17.0. The monoisotopic (exact) mass is 484 g/mol. The van der Waals surface area contributed by atoms with Gasteiger partial charge in [0.25, 0.3) is 5.56 Å². The van der Waals surface area contributed by atoms with Gasteiger partial charge >= 0.3 is 0 Å². The molecule has 3 aromatic carbocycles. The van der Waals surface area contributed by atoms with Gasteiger partial charge in [-0.15, -0.1) is 10.2 Å². The predicted molar refractivity (Wildman–Crippen MR) is 138 cm³/mol. The van der Waals surface area contributed by atoms with Gasteiger partial charge in [0.05, 0.1) is 29.0 Å². The third-order valence-corrected chi connectivity index (χ3v) is 6.81. The number of aromatic nitrogens is 4. The van der Waals surface area contributed by atoms with Gasteiger partial charge in [-0.3, -0.25) is 14.0 Å². The van der Waals surface area contributed by atoms with Crippen LogP contribution < -0.4 is 10.3 Å². The lowest BCUT2D eigenvalue weighted by Gasteiger charge is -2.15. The first kappa shape index (κ1) is 22.9. The van der Waals surface area contributed by atoms with Crippen molar-refractivity contribution >= 4 is 34.2 Å². The molecule has 0 atom stereocenters. The highest BCUT2D eigenvalue weighted by Crippen LogP contribution is 2.26. The van der Waals surface area contributed by atoms with E-state index in [2.05, 4.69) is 10.2 Å². The van der Waals surface area contributed by atoms with E-state index < -0.39 is 0 Å². The summed E-state index contributed by atoms with van der Waals surface area (Å²) < 4.78 is 8.94. The molecule has 0 spiro atoms. The molecule has 2 heterocycles. The molecule has 5 rings (SSSR count). The highest BCUT2D eigenvalue weighted by molar-refractivity contribution is 7.99. The van der Waals surface area contributed by atoms with E-state index in [1.165, 1.54) is 11.8 Å². The molecule has 0 aliphatic rings. The van der Waals surface area contributed by atoms with Gasteiger partial charge in [-0.25, -0.2) is 4.57 Å². The first-order valence-electron chi connectivity index (χ1n) is 11.3. The molecule has 0 saturated heterocycles. The summed E-state index contributed by atoms with van der Waals surface area (Å²) in [7, 11) is 0. The highest BCUT2D eigenvalue weighted by atomic mass is 32.2. The van der Waals surface area contributed by atoms with Crippen LogP contribution >= 0.6 is 11.8 Å². The normalized spacial score (nSPS) is 11.3. The average molecular weight is 485 g/mol. The van der Waals surface area contributed by atoms with Crippen molar-refractivity contribution in [2.45, 2.75) is 25.9 Å². The van der Waals surface area contributed by atoms with Gasteiger partial charge in [-0.2, -0.15) is 0 Å². The summed E-state index contributed by atoms with van der Waals surface area (Å²) in [5.41, 5.74) is 3.88. The van der Waals surface area contributed by atoms with Gasteiger partial charge in [-0.1, -0.05) is 42.1 Å². The quantitative estimate of drug-likeness (QED) is 0.238. The molecule has 0 bridgehead atoms. The number of nitrogens with zero attached hydrogens (tertiary/aromatic N) is 4. The smallest absolute Gasteiger partial charge is 0.267 e. The second kappa shape index (κ2) is 9.38. The summed E-state index contributed by atoms with van der Waals surface area (Å²) in [4.78, 5) is 26.5. The fourth-order valence-corrected chi connectivity index (χ4v) is 5.08. The summed E-state index contributed by atoms with van der Waals surface area (Å²) in [5, 5.41) is 9.89. The number of benzene rings is 3. The molecule has 0 aliphatic heterocycles. The summed E-state index contributed by atoms with van der Waals surface area (Å²) in [6, 6.07) is 20.4. The van der Waals surface area contributed by atoms with Crippen LogP contribution in [0.2, 0.25) is 0 Å². The minimum absolute atomic E-state index is 0.0258. The Bertz CT molecular complexity index is 1600. The number of Topliss-reactive ketones (excluding diaryl/α,β-unsaturated/α-hetero) is 1. The van der Waals surface area contributed by atoms with E-state index in [0.29, 0.717) is 34.0 Å². The van der Waals surface area contributed by atoms with Crippen LogP contribution in [-0.2, 0) is 0 Å². The number of thioether (sulfide) groups is 1. The summed E-state index contributed by atoms with van der Waals surface area (Å²) in [5.74, 6) is 1.31. The van der Waals surface area contributed by atoms with Crippen LogP contribution in [0.1, 0.15) is 28.4 Å². The molecule has 0 radical (unpaired) electrons. The fraction of sp³-hybridized carbons (Fsp3) is 0.185. The van der Waals surface area contributed by atoms with Gasteiger partial charge < -0.3 is 4.74 Å². The Balaban J connectivity index is 1.59. The van der Waals surface area contributed by atoms with Crippen LogP contribution in [0.4, 0.5) is 0 Å². The zero-order valence-electron chi connectivity index (χ0n) is 19.7. The van der Waals surface area contributed by atoms with E-state index in [1.54, 1.807) is 34.9 Å². The van der Waals surface area contributed by atoms with E-state index in [0.717, 1.165) is 22.6 Å². The molecule has 0 aliphatic carbocycles. The van der Waals surface area contributed by atoms with Crippen molar-refractivity contribution in [3.63, 3.8) is 0 Å². The Labute approximate surface area is 206 Å². The van der Waals surface area contributed by atoms with E-state index in [4.69, 9.17) is 4.74 Å². The van der Waals surface area contributed by atoms with Crippen molar-refractivity contribution in [2.75, 3.05) is 12.4 Å². The number of carbonyl (C=O) groups excluding carboxylic acids is 1. The van der Waals surface area contributed by atoms with Crippen LogP contribution in [0.3, 0.4) is 0 Å². The second-order valence-electron chi connectivity index (χ2n) is 8.19. The number of carbonyl (C=O) groups is 1. The SMILES string of the molecule is CCOc1ccc(C(=O)CSc2nnc3n(-c4c(C)cccc4C)c(=O)c4ccccc4n23)cc1. The molecule has 7 nitrogen and oxygen atoms in total. The molecule has 0 unspecified atom stereocenters. The molecule has 176 valence electrons. The van der Waals surface area contributed by atoms with Gasteiger partial charge in [0.15, 0.2) is 10.9 Å². The van der Waals surface area contributed by atoms with E-state index >= 15 is 0 Å². The van der Waals surface area contributed by atoms with Gasteiger partial charge in [-0.05, 0) is 68.3 Å². The Hall–Kier alpha value is -3.91. The molecule has 8 heteroatoms. The third-order valence-electron chi connectivity index (χ3n) is 5.88. The summed E-state index contributed by atoms with van der Waals surface area (Å²) >= 11 is 1.30. The lowest BCUT2D eigenvalue weighted by atomic mass is 10.1. The van der Waals surface area contributed by atoms with Crippen LogP contribution in [0.25, 0.3) is 22.4 Å². The molecule has 0 saturated carbocycles. The van der Waals surface area contributed by atoms with E-state index in [-0.39, 0.29) is 17.1 Å². The minimum Gasteiger partial charge on any atom is -0.494 e. The lowest BCUT2D eigenvalue weighted by molar-refractivity contribution is 0.102. The van der Waals surface area contributed by atoms with Crippen LogP contribution in [0, 0.1) is 13.8 Å². The zero-order valence-corrected chi connectivity index (χ0v) is 20.5. The lowest BCUT2D eigenvalue weighted by Crippen LogP contribution is -2.23. The first-order valence-corrected chi connectivity index (χ1v) is 12.3. The molecule has 5 aromatic rings. The Morgan fingerprint density at radius 1 is 0.943 bits per heavy atom. The van der Waals surface area contributed by atoms with Gasteiger partial charge in [0, 0.05) is 5.56 Å². The Kier molecular flexibility index (Phi) is 6.13. The largest absolute Gasteiger partial charge is 0.494 e. The standard InChI is InChI=1S/C27H24N4O3S/c1-4-34-20-14-12-19(13-15-20)23(32)16-35-27-29-28-26-30(27)22-11-6-5-10-21(22)25(33)31(26)24-17(2)8-7-9-18(24)3/h5-15H,4,16H2,1-3H3. The molecular formula is C27H24N4O3S. The number of rotatable bonds is 7. The minimum atomic E-state index is -0.153. The molecule has 0 fully saturated rings. The highest BCUT2D eigenvalue weighted by Gasteiger charge is 2.20. The number of hydrogen-bond acceptors (Lipinski definition) is 6. The molecular weight excluding hydrogens is 460 g/mol. The van der Waals surface area contributed by atoms with Gasteiger partial charge in [0.2, 0.25) is 5.78 Å². The average Bonchev–Trinajstić information content (AvgIpc) is 3.29. The topological polar surface area (TPSA) is 78.5 Å². The maximum Gasteiger partial charge on any atom is 0.267 e.